The van der Waals surface area contributed by atoms with Crippen LogP contribution in [0.15, 0.2) is 47.1 Å². The quantitative estimate of drug-likeness (QED) is 0.582. The molecule has 0 saturated carbocycles. The van der Waals surface area contributed by atoms with Crippen LogP contribution in [0.1, 0.15) is 21.0 Å². The molecular weight excluding hydrogens is 405 g/mol. The number of nitrogens with zero attached hydrogens (tertiary/aromatic N) is 1. The van der Waals surface area contributed by atoms with Crippen LogP contribution in [0.2, 0.25) is 4.34 Å². The van der Waals surface area contributed by atoms with Gasteiger partial charge in [-0.25, -0.2) is 9.18 Å². The summed E-state index contributed by atoms with van der Waals surface area (Å²) >= 11 is 7.29. The third-order valence-corrected chi connectivity index (χ3v) is 5.15. The number of amides is 3. The summed E-state index contributed by atoms with van der Waals surface area (Å²) < 4.78 is 19.8. The molecule has 0 spiro atoms. The van der Waals surface area contributed by atoms with E-state index in [-0.39, 0.29) is 11.7 Å². The number of carbonyl (C=O) groups is 2. The summed E-state index contributed by atoms with van der Waals surface area (Å²) in [6, 6.07) is 8.69. The molecule has 28 heavy (non-hydrogen) atoms. The summed E-state index contributed by atoms with van der Waals surface area (Å²) in [6.45, 7) is 2.02. The summed E-state index contributed by atoms with van der Waals surface area (Å²) in [6.07, 6.45) is 1.38. The molecule has 0 aliphatic rings. The third-order valence-electron chi connectivity index (χ3n) is 3.94. The van der Waals surface area contributed by atoms with Crippen molar-refractivity contribution in [3.8, 4) is 0 Å². The van der Waals surface area contributed by atoms with Gasteiger partial charge in [0.2, 0.25) is 0 Å². The molecule has 146 valence electrons. The minimum atomic E-state index is -0.617. The Bertz CT molecular complexity index is 1020. The molecule has 3 rings (SSSR count). The lowest BCUT2D eigenvalue weighted by molar-refractivity contribution is 0.102. The van der Waals surface area contributed by atoms with Gasteiger partial charge in [0.1, 0.15) is 11.6 Å². The van der Waals surface area contributed by atoms with Gasteiger partial charge in [0.15, 0.2) is 0 Å². The SMILES string of the molecule is Cc1occc1C(=O)Nc1cc(NC(=O)N(C)Cc2ccc(Cl)s2)ccc1F. The van der Waals surface area contributed by atoms with E-state index >= 15 is 0 Å². The Labute approximate surface area is 169 Å². The number of furan rings is 1. The largest absolute Gasteiger partial charge is 0.469 e. The van der Waals surface area contributed by atoms with Crippen LogP contribution in [0.4, 0.5) is 20.6 Å². The number of benzene rings is 1. The van der Waals surface area contributed by atoms with E-state index in [2.05, 4.69) is 10.6 Å². The van der Waals surface area contributed by atoms with Gasteiger partial charge in [-0.15, -0.1) is 11.3 Å². The van der Waals surface area contributed by atoms with E-state index < -0.39 is 11.7 Å². The maximum absolute atomic E-state index is 14.1. The minimum absolute atomic E-state index is 0.0453. The van der Waals surface area contributed by atoms with E-state index in [1.165, 1.54) is 46.8 Å². The molecule has 0 aliphatic carbocycles. The van der Waals surface area contributed by atoms with Gasteiger partial charge in [0.25, 0.3) is 5.91 Å². The van der Waals surface area contributed by atoms with Gasteiger partial charge in [-0.2, -0.15) is 0 Å². The molecule has 9 heteroatoms. The van der Waals surface area contributed by atoms with Crippen LogP contribution >= 0.6 is 22.9 Å². The second-order valence-corrected chi connectivity index (χ2v) is 7.83. The van der Waals surface area contributed by atoms with Crippen molar-refractivity contribution in [2.75, 3.05) is 17.7 Å². The maximum Gasteiger partial charge on any atom is 0.321 e. The molecule has 0 atom stereocenters. The van der Waals surface area contributed by atoms with Crippen molar-refractivity contribution in [1.82, 2.24) is 4.90 Å². The molecule has 0 saturated heterocycles. The van der Waals surface area contributed by atoms with Gasteiger partial charge < -0.3 is 20.0 Å². The fourth-order valence-corrected chi connectivity index (χ4v) is 3.61. The molecular formula is C19H17ClFN3O3S. The number of nitrogens with one attached hydrogen (secondary N) is 2. The number of carbonyl (C=O) groups excluding carboxylic acids is 2. The predicted octanol–water partition coefficient (Wildman–Crippen LogP) is 5.36. The molecule has 0 bridgehead atoms. The van der Waals surface area contributed by atoms with Gasteiger partial charge in [-0.3, -0.25) is 4.79 Å². The van der Waals surface area contributed by atoms with Crippen LogP contribution in [0.5, 0.6) is 0 Å². The van der Waals surface area contributed by atoms with Crippen molar-refractivity contribution in [3.63, 3.8) is 0 Å². The second-order valence-electron chi connectivity index (χ2n) is 6.03. The highest BCUT2D eigenvalue weighted by molar-refractivity contribution is 7.16. The fourth-order valence-electron chi connectivity index (χ4n) is 2.47. The van der Waals surface area contributed by atoms with Crippen LogP contribution < -0.4 is 10.6 Å². The molecule has 2 aromatic heterocycles. The Hall–Kier alpha value is -2.84. The van der Waals surface area contributed by atoms with Crippen LogP contribution in [0.25, 0.3) is 0 Å². The van der Waals surface area contributed by atoms with Gasteiger partial charge >= 0.3 is 6.03 Å². The number of hydrogen-bond donors (Lipinski definition) is 2. The molecule has 3 aromatic rings. The van der Waals surface area contributed by atoms with Crippen molar-refractivity contribution in [2.24, 2.45) is 0 Å². The normalized spacial score (nSPS) is 10.6. The van der Waals surface area contributed by atoms with Crippen molar-refractivity contribution >= 4 is 46.3 Å². The van der Waals surface area contributed by atoms with Crippen LogP contribution in [-0.4, -0.2) is 23.9 Å². The number of hydrogen-bond acceptors (Lipinski definition) is 4. The molecule has 3 amide bonds. The monoisotopic (exact) mass is 421 g/mol. The van der Waals surface area contributed by atoms with Crippen molar-refractivity contribution in [2.45, 2.75) is 13.5 Å². The number of urea groups is 1. The van der Waals surface area contributed by atoms with E-state index in [1.54, 1.807) is 20.0 Å². The van der Waals surface area contributed by atoms with Crippen molar-refractivity contribution in [3.05, 3.63) is 69.0 Å². The summed E-state index contributed by atoms with van der Waals surface area (Å²) in [5.74, 6) is -0.688. The highest BCUT2D eigenvalue weighted by atomic mass is 35.5. The lowest BCUT2D eigenvalue weighted by Gasteiger charge is -2.17. The molecule has 2 heterocycles. The molecule has 1 aromatic carbocycles. The van der Waals surface area contributed by atoms with E-state index in [0.717, 1.165) is 4.88 Å². The third kappa shape index (κ3) is 4.71. The van der Waals surface area contributed by atoms with Crippen LogP contribution in [0, 0.1) is 12.7 Å². The van der Waals surface area contributed by atoms with Gasteiger partial charge in [-0.1, -0.05) is 11.6 Å². The first-order valence-electron chi connectivity index (χ1n) is 8.25. The zero-order chi connectivity index (χ0) is 20.3. The number of rotatable bonds is 5. The Balaban J connectivity index is 1.67. The lowest BCUT2D eigenvalue weighted by Crippen LogP contribution is -2.30. The standard InChI is InChI=1S/C19H17ClFN3O3S/c1-11-14(7-8-27-11)18(25)23-16-9-12(3-5-15(16)21)22-19(26)24(2)10-13-4-6-17(20)28-13/h3-9H,10H2,1-2H3,(H,22,26)(H,23,25). The van der Waals surface area contributed by atoms with Gasteiger partial charge in [-0.05, 0) is 43.3 Å². The first-order valence-corrected chi connectivity index (χ1v) is 9.44. The Morgan fingerprint density at radius 3 is 2.64 bits per heavy atom. The number of thiophene rings is 1. The van der Waals surface area contributed by atoms with Gasteiger partial charge in [0, 0.05) is 17.6 Å². The predicted molar refractivity (Wildman–Crippen MR) is 108 cm³/mol. The van der Waals surface area contributed by atoms with E-state index in [1.807, 2.05) is 6.07 Å². The van der Waals surface area contributed by atoms with Crippen molar-refractivity contribution < 1.29 is 18.4 Å². The number of anilines is 2. The molecule has 0 aliphatic heterocycles. The fraction of sp³-hybridized carbons (Fsp3) is 0.158. The number of aryl methyl sites for hydroxylation is 1. The Kier molecular flexibility index (Phi) is 6.01. The lowest BCUT2D eigenvalue weighted by atomic mass is 10.2. The topological polar surface area (TPSA) is 74.6 Å². The highest BCUT2D eigenvalue weighted by Crippen LogP contribution is 2.24. The highest BCUT2D eigenvalue weighted by Gasteiger charge is 2.16. The first-order chi connectivity index (χ1) is 13.3. The smallest absolute Gasteiger partial charge is 0.321 e. The molecule has 2 N–H and O–H groups in total. The maximum atomic E-state index is 14.1. The zero-order valence-electron chi connectivity index (χ0n) is 15.1. The summed E-state index contributed by atoms with van der Waals surface area (Å²) in [5, 5.41) is 5.16. The summed E-state index contributed by atoms with van der Waals surface area (Å²) in [5.41, 5.74) is 0.612. The first kappa shape index (κ1) is 19.9. The average molecular weight is 422 g/mol. The number of halogens is 2. The van der Waals surface area contributed by atoms with Crippen LogP contribution in [-0.2, 0) is 6.54 Å². The average Bonchev–Trinajstić information content (AvgIpc) is 3.25. The summed E-state index contributed by atoms with van der Waals surface area (Å²) in [4.78, 5) is 27.0. The molecule has 0 fully saturated rings. The zero-order valence-corrected chi connectivity index (χ0v) is 16.7. The van der Waals surface area contributed by atoms with E-state index in [4.69, 9.17) is 16.0 Å². The second kappa shape index (κ2) is 8.45. The molecule has 0 unspecified atom stereocenters. The minimum Gasteiger partial charge on any atom is -0.469 e. The van der Waals surface area contributed by atoms with Crippen LogP contribution in [0.3, 0.4) is 0 Å². The Morgan fingerprint density at radius 1 is 1.21 bits per heavy atom. The van der Waals surface area contributed by atoms with E-state index in [9.17, 15) is 14.0 Å². The Morgan fingerprint density at radius 2 is 2.00 bits per heavy atom. The molecule has 0 radical (unpaired) electrons. The van der Waals surface area contributed by atoms with Gasteiger partial charge in [0.05, 0.1) is 28.4 Å². The van der Waals surface area contributed by atoms with Crippen molar-refractivity contribution in [1.29, 1.82) is 0 Å². The molecule has 6 nitrogen and oxygen atoms in total. The summed E-state index contributed by atoms with van der Waals surface area (Å²) in [7, 11) is 1.64. The van der Waals surface area contributed by atoms with E-state index in [0.29, 0.717) is 27.9 Å².